The van der Waals surface area contributed by atoms with Crippen molar-refractivity contribution in [2.45, 2.75) is 13.5 Å². The maximum Gasteiger partial charge on any atom is 0.137 e. The molecule has 1 aromatic rings. The van der Waals surface area contributed by atoms with Crippen LogP contribution in [0.2, 0.25) is 5.02 Å². The number of rotatable bonds is 5. The maximum atomic E-state index is 5.95. The minimum atomic E-state index is 0.614. The van der Waals surface area contributed by atoms with Crippen molar-refractivity contribution in [1.82, 2.24) is 5.48 Å². The molecule has 0 aliphatic carbocycles. The van der Waals surface area contributed by atoms with Crippen LogP contribution < -0.4 is 10.2 Å². The third-order valence-corrected chi connectivity index (χ3v) is 2.03. The standard InChI is InChI=1S/C10H14ClNO2/c1-3-14-12-7-8-4-5-10(13-2)9(11)6-8/h4-6,12H,3,7H2,1-2H3. The Labute approximate surface area is 88.9 Å². The zero-order valence-corrected chi connectivity index (χ0v) is 9.10. The summed E-state index contributed by atoms with van der Waals surface area (Å²) < 4.78 is 5.04. The molecule has 0 bridgehead atoms. The van der Waals surface area contributed by atoms with Crippen LogP contribution in [-0.4, -0.2) is 13.7 Å². The summed E-state index contributed by atoms with van der Waals surface area (Å²) in [5.74, 6) is 0.687. The van der Waals surface area contributed by atoms with Gasteiger partial charge in [0.1, 0.15) is 5.75 Å². The van der Waals surface area contributed by atoms with Crippen molar-refractivity contribution >= 4 is 11.6 Å². The van der Waals surface area contributed by atoms with Gasteiger partial charge in [-0.05, 0) is 24.6 Å². The van der Waals surface area contributed by atoms with Crippen molar-refractivity contribution in [3.05, 3.63) is 28.8 Å². The summed E-state index contributed by atoms with van der Waals surface area (Å²) in [5.41, 5.74) is 3.88. The van der Waals surface area contributed by atoms with E-state index in [2.05, 4.69) is 5.48 Å². The van der Waals surface area contributed by atoms with Crippen LogP contribution in [0.4, 0.5) is 0 Å². The average molecular weight is 216 g/mol. The van der Waals surface area contributed by atoms with Gasteiger partial charge in [-0.1, -0.05) is 17.7 Å². The average Bonchev–Trinajstić information content (AvgIpc) is 2.18. The van der Waals surface area contributed by atoms with E-state index >= 15 is 0 Å². The third kappa shape index (κ3) is 3.18. The molecular weight excluding hydrogens is 202 g/mol. The van der Waals surface area contributed by atoms with Gasteiger partial charge in [0.05, 0.1) is 18.7 Å². The van der Waals surface area contributed by atoms with Gasteiger partial charge in [-0.15, -0.1) is 0 Å². The van der Waals surface area contributed by atoms with Crippen molar-refractivity contribution in [1.29, 1.82) is 0 Å². The lowest BCUT2D eigenvalue weighted by Gasteiger charge is -2.06. The van der Waals surface area contributed by atoms with Crippen molar-refractivity contribution in [3.63, 3.8) is 0 Å². The topological polar surface area (TPSA) is 30.5 Å². The number of hydroxylamine groups is 1. The third-order valence-electron chi connectivity index (χ3n) is 1.74. The summed E-state index contributed by atoms with van der Waals surface area (Å²) >= 11 is 5.95. The molecule has 1 aromatic carbocycles. The highest BCUT2D eigenvalue weighted by Gasteiger charge is 2.00. The van der Waals surface area contributed by atoms with Crippen LogP contribution in [0, 0.1) is 0 Å². The first kappa shape index (κ1) is 11.3. The van der Waals surface area contributed by atoms with Crippen LogP contribution in [0.1, 0.15) is 12.5 Å². The molecule has 0 aliphatic rings. The molecule has 3 nitrogen and oxygen atoms in total. The molecule has 14 heavy (non-hydrogen) atoms. The fourth-order valence-electron chi connectivity index (χ4n) is 1.06. The first-order chi connectivity index (χ1) is 6.77. The molecule has 1 rings (SSSR count). The SMILES string of the molecule is CCONCc1ccc(OC)c(Cl)c1. The monoisotopic (exact) mass is 215 g/mol. The summed E-state index contributed by atoms with van der Waals surface area (Å²) in [6.45, 7) is 3.20. The van der Waals surface area contributed by atoms with Gasteiger partial charge in [0.2, 0.25) is 0 Å². The molecule has 0 unspecified atom stereocenters. The zero-order valence-electron chi connectivity index (χ0n) is 8.34. The number of ether oxygens (including phenoxy) is 1. The summed E-state index contributed by atoms with van der Waals surface area (Å²) in [6, 6.07) is 5.63. The highest BCUT2D eigenvalue weighted by Crippen LogP contribution is 2.24. The van der Waals surface area contributed by atoms with Gasteiger partial charge in [-0.25, -0.2) is 0 Å². The van der Waals surface area contributed by atoms with Crippen LogP contribution in [0.3, 0.4) is 0 Å². The number of nitrogens with one attached hydrogen (secondary N) is 1. The fraction of sp³-hybridized carbons (Fsp3) is 0.400. The fourth-order valence-corrected chi connectivity index (χ4v) is 1.34. The second-order valence-electron chi connectivity index (χ2n) is 2.72. The highest BCUT2D eigenvalue weighted by atomic mass is 35.5. The van der Waals surface area contributed by atoms with E-state index in [1.165, 1.54) is 0 Å². The van der Waals surface area contributed by atoms with E-state index in [0.717, 1.165) is 5.56 Å². The molecule has 0 saturated heterocycles. The molecule has 0 spiro atoms. The quantitative estimate of drug-likeness (QED) is 0.605. The van der Waals surface area contributed by atoms with Gasteiger partial charge in [0, 0.05) is 6.54 Å². The largest absolute Gasteiger partial charge is 0.495 e. The first-order valence-corrected chi connectivity index (χ1v) is 4.82. The molecule has 0 fully saturated rings. The Morgan fingerprint density at radius 1 is 1.43 bits per heavy atom. The molecule has 0 heterocycles. The Bertz CT molecular complexity index is 291. The summed E-state index contributed by atoms with van der Waals surface area (Å²) in [6.07, 6.45) is 0. The van der Waals surface area contributed by atoms with Gasteiger partial charge in [-0.2, -0.15) is 5.48 Å². The predicted molar refractivity (Wildman–Crippen MR) is 56.5 cm³/mol. The number of benzene rings is 1. The van der Waals surface area contributed by atoms with Crippen molar-refractivity contribution in [3.8, 4) is 5.75 Å². The van der Waals surface area contributed by atoms with Crippen LogP contribution in [0.25, 0.3) is 0 Å². The second-order valence-corrected chi connectivity index (χ2v) is 3.13. The summed E-state index contributed by atoms with van der Waals surface area (Å²) in [5, 5.41) is 0.614. The molecule has 0 saturated carbocycles. The van der Waals surface area contributed by atoms with E-state index in [1.54, 1.807) is 7.11 Å². The summed E-state index contributed by atoms with van der Waals surface area (Å²) in [4.78, 5) is 5.01. The molecule has 0 atom stereocenters. The van der Waals surface area contributed by atoms with E-state index < -0.39 is 0 Å². The van der Waals surface area contributed by atoms with Gasteiger partial charge >= 0.3 is 0 Å². The number of hydrogen-bond donors (Lipinski definition) is 1. The van der Waals surface area contributed by atoms with Crippen molar-refractivity contribution < 1.29 is 9.57 Å². The number of halogens is 1. The van der Waals surface area contributed by atoms with Gasteiger partial charge in [0.15, 0.2) is 0 Å². The molecule has 0 aliphatic heterocycles. The molecule has 0 amide bonds. The Morgan fingerprint density at radius 2 is 2.21 bits per heavy atom. The molecule has 4 heteroatoms. The smallest absolute Gasteiger partial charge is 0.137 e. The minimum absolute atomic E-state index is 0.614. The second kappa shape index (κ2) is 5.86. The minimum Gasteiger partial charge on any atom is -0.495 e. The van der Waals surface area contributed by atoms with E-state index in [1.807, 2.05) is 25.1 Å². The Morgan fingerprint density at radius 3 is 2.79 bits per heavy atom. The Hall–Kier alpha value is -0.770. The molecule has 78 valence electrons. The molecule has 0 radical (unpaired) electrons. The van der Waals surface area contributed by atoms with E-state index in [4.69, 9.17) is 21.2 Å². The maximum absolute atomic E-state index is 5.95. The van der Waals surface area contributed by atoms with Crippen molar-refractivity contribution in [2.24, 2.45) is 0 Å². The van der Waals surface area contributed by atoms with Crippen LogP contribution in [0.15, 0.2) is 18.2 Å². The molecule has 0 aromatic heterocycles. The van der Waals surface area contributed by atoms with Crippen LogP contribution >= 0.6 is 11.6 Å². The van der Waals surface area contributed by atoms with E-state index in [0.29, 0.717) is 23.9 Å². The number of hydrogen-bond acceptors (Lipinski definition) is 3. The van der Waals surface area contributed by atoms with Crippen molar-refractivity contribution in [2.75, 3.05) is 13.7 Å². The van der Waals surface area contributed by atoms with Gasteiger partial charge in [-0.3, -0.25) is 0 Å². The lowest BCUT2D eigenvalue weighted by molar-refractivity contribution is 0.0463. The van der Waals surface area contributed by atoms with E-state index in [-0.39, 0.29) is 0 Å². The van der Waals surface area contributed by atoms with E-state index in [9.17, 15) is 0 Å². The lowest BCUT2D eigenvalue weighted by atomic mass is 10.2. The highest BCUT2D eigenvalue weighted by molar-refractivity contribution is 6.32. The van der Waals surface area contributed by atoms with Crippen LogP contribution in [0.5, 0.6) is 5.75 Å². The number of methoxy groups -OCH3 is 1. The normalized spacial score (nSPS) is 10.2. The van der Waals surface area contributed by atoms with Crippen LogP contribution in [-0.2, 0) is 11.4 Å². The molecule has 1 N–H and O–H groups in total. The van der Waals surface area contributed by atoms with Gasteiger partial charge in [0.25, 0.3) is 0 Å². The predicted octanol–water partition coefficient (Wildman–Crippen LogP) is 2.39. The zero-order chi connectivity index (χ0) is 10.4. The molecular formula is C10H14ClNO2. The summed E-state index contributed by atoms with van der Waals surface area (Å²) in [7, 11) is 1.60. The first-order valence-electron chi connectivity index (χ1n) is 4.45. The Balaban J connectivity index is 2.57. The van der Waals surface area contributed by atoms with Gasteiger partial charge < -0.3 is 9.57 Å². The lowest BCUT2D eigenvalue weighted by Crippen LogP contribution is -2.13. The Kier molecular flexibility index (Phi) is 4.73.